The molecule has 2 fully saturated rings. The second-order valence-electron chi connectivity index (χ2n) is 8.77. The van der Waals surface area contributed by atoms with Gasteiger partial charge in [0.15, 0.2) is 0 Å². The van der Waals surface area contributed by atoms with Crippen molar-refractivity contribution in [3.05, 3.63) is 53.7 Å². The number of hydrogen-bond acceptors (Lipinski definition) is 6. The molecule has 2 aliphatic heterocycles. The summed E-state index contributed by atoms with van der Waals surface area (Å²) in [7, 11) is -1.45. The zero-order chi connectivity index (χ0) is 21.8. The van der Waals surface area contributed by atoms with Crippen molar-refractivity contribution in [2.45, 2.75) is 37.2 Å². The average Bonchev–Trinajstić information content (AvgIpc) is 2.76. The van der Waals surface area contributed by atoms with Crippen molar-refractivity contribution < 1.29 is 8.42 Å². The molecule has 7 nitrogen and oxygen atoms in total. The molecule has 4 rings (SSSR count). The van der Waals surface area contributed by atoms with Crippen molar-refractivity contribution in [1.29, 1.82) is 0 Å². The number of piperidine rings is 1. The molecule has 2 saturated heterocycles. The number of likely N-dealkylation sites (N-methyl/N-ethyl adjacent to an activating group) is 1. The highest BCUT2D eigenvalue weighted by Crippen LogP contribution is 2.21. The maximum absolute atomic E-state index is 12.8. The number of anilines is 1. The molecular weight excluding hydrogens is 410 g/mol. The van der Waals surface area contributed by atoms with Gasteiger partial charge in [0.1, 0.15) is 10.7 Å². The van der Waals surface area contributed by atoms with Crippen LogP contribution in [0.4, 0.5) is 5.82 Å². The number of hydrogen-bond donors (Lipinski definition) is 1. The number of nitrogens with zero attached hydrogens (tertiary/aromatic N) is 4. The van der Waals surface area contributed by atoms with Crippen LogP contribution in [0.5, 0.6) is 0 Å². The Morgan fingerprint density at radius 2 is 1.77 bits per heavy atom. The number of benzene rings is 1. The summed E-state index contributed by atoms with van der Waals surface area (Å²) in [6.07, 6.45) is 3.59. The number of likely N-dealkylation sites (tertiary alicyclic amines) is 1. The van der Waals surface area contributed by atoms with Crippen LogP contribution in [-0.4, -0.2) is 79.9 Å². The van der Waals surface area contributed by atoms with E-state index in [1.807, 2.05) is 7.05 Å². The fourth-order valence-corrected chi connectivity index (χ4v) is 5.68. The van der Waals surface area contributed by atoms with Crippen LogP contribution >= 0.6 is 0 Å². The van der Waals surface area contributed by atoms with Crippen LogP contribution in [0.1, 0.15) is 24.0 Å². The molecule has 168 valence electrons. The standard InChI is InChI=1S/C23H33N5O2S/c1-19-4-3-5-20(16-19)18-27-10-8-21(9-11-27)25-23-7-6-22(17-24-23)31(29,30)28-14-12-26(2)13-15-28/h3-7,16-17,21H,8-15,18H2,1-2H3,(H,24,25). The number of rotatable bonds is 6. The molecule has 2 aromatic rings. The minimum absolute atomic E-state index is 0.274. The molecule has 0 bridgehead atoms. The second kappa shape index (κ2) is 9.65. The summed E-state index contributed by atoms with van der Waals surface area (Å²) < 4.78 is 27.2. The fourth-order valence-electron chi connectivity index (χ4n) is 4.31. The Balaban J connectivity index is 1.29. The summed E-state index contributed by atoms with van der Waals surface area (Å²) in [5.41, 5.74) is 2.67. The maximum atomic E-state index is 12.8. The third-order valence-corrected chi connectivity index (χ3v) is 8.15. The molecule has 0 atom stereocenters. The maximum Gasteiger partial charge on any atom is 0.244 e. The van der Waals surface area contributed by atoms with Crippen LogP contribution in [0.3, 0.4) is 0 Å². The molecule has 0 saturated carbocycles. The molecule has 2 aliphatic rings. The number of piperazine rings is 1. The summed E-state index contributed by atoms with van der Waals surface area (Å²) in [6, 6.07) is 12.5. The normalized spacial score (nSPS) is 20.1. The van der Waals surface area contributed by atoms with E-state index >= 15 is 0 Å². The number of sulfonamides is 1. The highest BCUT2D eigenvalue weighted by molar-refractivity contribution is 7.89. The highest BCUT2D eigenvalue weighted by Gasteiger charge is 2.28. The van der Waals surface area contributed by atoms with Crippen LogP contribution in [0.2, 0.25) is 0 Å². The molecule has 1 aromatic carbocycles. The third-order valence-electron chi connectivity index (χ3n) is 6.26. The van der Waals surface area contributed by atoms with Crippen LogP contribution in [0.15, 0.2) is 47.5 Å². The molecule has 0 unspecified atom stereocenters. The van der Waals surface area contributed by atoms with Crippen molar-refractivity contribution in [3.8, 4) is 0 Å². The van der Waals surface area contributed by atoms with Gasteiger partial charge in [-0.3, -0.25) is 4.90 Å². The molecule has 8 heteroatoms. The van der Waals surface area contributed by atoms with Crippen molar-refractivity contribution in [1.82, 2.24) is 19.1 Å². The molecule has 31 heavy (non-hydrogen) atoms. The molecule has 0 spiro atoms. The Kier molecular flexibility index (Phi) is 6.91. The van der Waals surface area contributed by atoms with Crippen molar-refractivity contribution in [2.24, 2.45) is 0 Å². The first-order valence-corrected chi connectivity index (χ1v) is 12.5. The quantitative estimate of drug-likeness (QED) is 0.740. The number of pyridine rings is 1. The summed E-state index contributed by atoms with van der Waals surface area (Å²) in [6.45, 7) is 7.78. The molecule has 1 N–H and O–H groups in total. The Labute approximate surface area is 186 Å². The molecule has 0 radical (unpaired) electrons. The second-order valence-corrected chi connectivity index (χ2v) is 10.7. The van der Waals surface area contributed by atoms with Gasteiger partial charge in [-0.05, 0) is 44.5 Å². The summed E-state index contributed by atoms with van der Waals surface area (Å²) in [4.78, 5) is 9.31. The van der Waals surface area contributed by atoms with E-state index in [4.69, 9.17) is 0 Å². The van der Waals surface area contributed by atoms with E-state index in [1.54, 1.807) is 16.4 Å². The number of nitrogens with one attached hydrogen (secondary N) is 1. The Hall–Kier alpha value is -2.00. The Morgan fingerprint density at radius 3 is 2.42 bits per heavy atom. The SMILES string of the molecule is Cc1cccc(CN2CCC(Nc3ccc(S(=O)(=O)N4CCN(C)CC4)cn3)CC2)c1. The Bertz CT molecular complexity index is 964. The van der Waals surface area contributed by atoms with Gasteiger partial charge in [-0.25, -0.2) is 13.4 Å². The lowest BCUT2D eigenvalue weighted by molar-refractivity contribution is 0.211. The first-order chi connectivity index (χ1) is 14.9. The van der Waals surface area contributed by atoms with Gasteiger partial charge in [0.2, 0.25) is 10.0 Å². The van der Waals surface area contributed by atoms with E-state index in [1.165, 1.54) is 17.3 Å². The van der Waals surface area contributed by atoms with Crippen LogP contribution in [0, 0.1) is 6.92 Å². The predicted molar refractivity (Wildman–Crippen MR) is 124 cm³/mol. The van der Waals surface area contributed by atoms with E-state index in [0.29, 0.717) is 19.1 Å². The van der Waals surface area contributed by atoms with Gasteiger partial charge in [0, 0.05) is 58.1 Å². The summed E-state index contributed by atoms with van der Waals surface area (Å²) in [5.74, 6) is 0.745. The smallest absolute Gasteiger partial charge is 0.244 e. The summed E-state index contributed by atoms with van der Waals surface area (Å²) >= 11 is 0. The zero-order valence-electron chi connectivity index (χ0n) is 18.5. The van der Waals surface area contributed by atoms with Gasteiger partial charge < -0.3 is 10.2 Å². The minimum Gasteiger partial charge on any atom is -0.367 e. The third kappa shape index (κ3) is 5.63. The van der Waals surface area contributed by atoms with E-state index in [0.717, 1.165) is 51.4 Å². The number of aryl methyl sites for hydroxylation is 1. The van der Waals surface area contributed by atoms with Crippen LogP contribution in [-0.2, 0) is 16.6 Å². The lowest BCUT2D eigenvalue weighted by atomic mass is 10.0. The first-order valence-electron chi connectivity index (χ1n) is 11.1. The van der Waals surface area contributed by atoms with E-state index in [-0.39, 0.29) is 4.90 Å². The first kappa shape index (κ1) is 22.2. The molecular formula is C23H33N5O2S. The van der Waals surface area contributed by atoms with Gasteiger partial charge in [-0.2, -0.15) is 4.31 Å². The minimum atomic E-state index is -3.47. The fraction of sp³-hybridized carbons (Fsp3) is 0.522. The average molecular weight is 444 g/mol. The van der Waals surface area contributed by atoms with Gasteiger partial charge in [0.25, 0.3) is 0 Å². The molecule has 3 heterocycles. The predicted octanol–water partition coefficient (Wildman–Crippen LogP) is 2.40. The lowest BCUT2D eigenvalue weighted by Gasteiger charge is -2.33. The van der Waals surface area contributed by atoms with Crippen molar-refractivity contribution in [3.63, 3.8) is 0 Å². The van der Waals surface area contributed by atoms with Crippen molar-refractivity contribution >= 4 is 15.8 Å². The van der Waals surface area contributed by atoms with Gasteiger partial charge >= 0.3 is 0 Å². The summed E-state index contributed by atoms with van der Waals surface area (Å²) in [5, 5.41) is 3.49. The van der Waals surface area contributed by atoms with Crippen LogP contribution in [0.25, 0.3) is 0 Å². The Morgan fingerprint density at radius 1 is 1.03 bits per heavy atom. The highest BCUT2D eigenvalue weighted by atomic mass is 32.2. The van der Waals surface area contributed by atoms with E-state index in [9.17, 15) is 8.42 Å². The van der Waals surface area contributed by atoms with Crippen molar-refractivity contribution in [2.75, 3.05) is 51.6 Å². The topological polar surface area (TPSA) is 68.8 Å². The van der Waals surface area contributed by atoms with Gasteiger partial charge in [-0.15, -0.1) is 0 Å². The molecule has 0 aliphatic carbocycles. The van der Waals surface area contributed by atoms with E-state index < -0.39 is 10.0 Å². The monoisotopic (exact) mass is 443 g/mol. The zero-order valence-corrected chi connectivity index (χ0v) is 19.3. The van der Waals surface area contributed by atoms with E-state index in [2.05, 4.69) is 51.3 Å². The van der Waals surface area contributed by atoms with Gasteiger partial charge in [-0.1, -0.05) is 29.8 Å². The molecule has 0 amide bonds. The number of aromatic nitrogens is 1. The van der Waals surface area contributed by atoms with Crippen LogP contribution < -0.4 is 5.32 Å². The molecule has 1 aromatic heterocycles. The lowest BCUT2D eigenvalue weighted by Crippen LogP contribution is -2.47. The van der Waals surface area contributed by atoms with Gasteiger partial charge in [0.05, 0.1) is 0 Å². The largest absolute Gasteiger partial charge is 0.367 e.